The lowest BCUT2D eigenvalue weighted by molar-refractivity contribution is 0.409. The Morgan fingerprint density at radius 1 is 0.939 bits per heavy atom. The Morgan fingerprint density at radius 2 is 1.70 bits per heavy atom. The van der Waals surface area contributed by atoms with Crippen LogP contribution in [0.25, 0.3) is 16.8 Å². The Morgan fingerprint density at radius 3 is 2.45 bits per heavy atom. The molecule has 0 bridgehead atoms. The summed E-state index contributed by atoms with van der Waals surface area (Å²) >= 11 is 0. The Balaban J connectivity index is 1.41. The van der Waals surface area contributed by atoms with Gasteiger partial charge < -0.3 is 4.74 Å². The molecule has 0 amide bonds. The van der Waals surface area contributed by atoms with Crippen molar-refractivity contribution < 1.29 is 13.2 Å². The van der Waals surface area contributed by atoms with E-state index in [0.717, 1.165) is 59.5 Å². The van der Waals surface area contributed by atoms with Crippen LogP contribution >= 0.6 is 0 Å². The molecule has 0 saturated carbocycles. The fourth-order valence-corrected chi connectivity index (χ4v) is 5.97. The first kappa shape index (κ1) is 21.6. The zero-order valence-electron chi connectivity index (χ0n) is 18.5. The van der Waals surface area contributed by atoms with Gasteiger partial charge in [0.2, 0.25) is 10.0 Å². The number of hydrogen-bond donors (Lipinski definition) is 0. The third-order valence-corrected chi connectivity index (χ3v) is 8.16. The van der Waals surface area contributed by atoms with Gasteiger partial charge in [0.05, 0.1) is 12.0 Å². The number of para-hydroxylation sites is 1. The molecular formula is C25H26N4O3S. The zero-order valence-corrected chi connectivity index (χ0v) is 19.3. The first-order valence-corrected chi connectivity index (χ1v) is 12.6. The quantitative estimate of drug-likeness (QED) is 0.415. The van der Waals surface area contributed by atoms with Gasteiger partial charge in [-0.25, -0.2) is 8.42 Å². The average molecular weight is 463 g/mol. The Labute approximate surface area is 193 Å². The summed E-state index contributed by atoms with van der Waals surface area (Å²) in [4.78, 5) is 0.332. The molecule has 33 heavy (non-hydrogen) atoms. The molecular weight excluding hydrogens is 436 g/mol. The van der Waals surface area contributed by atoms with Gasteiger partial charge in [-0.1, -0.05) is 30.3 Å². The highest BCUT2D eigenvalue weighted by molar-refractivity contribution is 7.89. The molecule has 170 valence electrons. The standard InChI is InChI=1S/C25H26N4O3S/c1-32-24-7-3-2-6-20(24)8-11-21-12-15-23(25-27-26-18-29(21)25)19-9-13-22(14-10-19)33(30,31)28-16-4-5-17-28/h2-3,6-7,9-10,12-15,18H,4-5,8,11,16-17H2,1H3. The van der Waals surface area contributed by atoms with Crippen molar-refractivity contribution in [3.05, 3.63) is 78.2 Å². The van der Waals surface area contributed by atoms with Crippen molar-refractivity contribution in [1.29, 1.82) is 0 Å². The summed E-state index contributed by atoms with van der Waals surface area (Å²) in [7, 11) is -1.74. The van der Waals surface area contributed by atoms with E-state index in [-0.39, 0.29) is 0 Å². The second-order valence-electron chi connectivity index (χ2n) is 8.21. The molecule has 3 heterocycles. The van der Waals surface area contributed by atoms with Gasteiger partial charge in [0.25, 0.3) is 0 Å². The highest BCUT2D eigenvalue weighted by atomic mass is 32.2. The normalized spacial score (nSPS) is 14.7. The van der Waals surface area contributed by atoms with Crippen LogP contribution < -0.4 is 4.74 Å². The summed E-state index contributed by atoms with van der Waals surface area (Å²) in [5.74, 6) is 0.887. The van der Waals surface area contributed by atoms with Gasteiger partial charge in [-0.3, -0.25) is 4.40 Å². The van der Waals surface area contributed by atoms with E-state index in [1.165, 1.54) is 0 Å². The van der Waals surface area contributed by atoms with Crippen LogP contribution in [-0.4, -0.2) is 47.5 Å². The molecule has 1 saturated heterocycles. The summed E-state index contributed by atoms with van der Waals surface area (Å²) in [5, 5.41) is 8.47. The van der Waals surface area contributed by atoms with Crippen molar-refractivity contribution in [2.24, 2.45) is 0 Å². The van der Waals surface area contributed by atoms with Gasteiger partial charge in [0.1, 0.15) is 12.1 Å². The number of hydrogen-bond acceptors (Lipinski definition) is 5. The molecule has 4 aromatic rings. The number of sulfonamides is 1. The number of ether oxygens (including phenoxy) is 1. The van der Waals surface area contributed by atoms with Crippen molar-refractivity contribution in [3.8, 4) is 16.9 Å². The third kappa shape index (κ3) is 4.12. The summed E-state index contributed by atoms with van der Waals surface area (Å²) in [6.07, 6.45) is 5.21. The van der Waals surface area contributed by atoms with Crippen LogP contribution in [0.2, 0.25) is 0 Å². The fourth-order valence-electron chi connectivity index (χ4n) is 4.45. The minimum Gasteiger partial charge on any atom is -0.496 e. The number of nitrogens with zero attached hydrogens (tertiary/aromatic N) is 4. The summed E-state index contributed by atoms with van der Waals surface area (Å²) in [5.41, 5.74) is 4.82. The zero-order chi connectivity index (χ0) is 22.8. The number of aryl methyl sites for hydroxylation is 2. The molecule has 0 radical (unpaired) electrons. The molecule has 0 atom stereocenters. The second-order valence-corrected chi connectivity index (χ2v) is 10.1. The van der Waals surface area contributed by atoms with E-state index in [1.807, 2.05) is 40.8 Å². The fraction of sp³-hybridized carbons (Fsp3) is 0.280. The number of methoxy groups -OCH3 is 1. The van der Waals surface area contributed by atoms with Crippen LogP contribution in [0.3, 0.4) is 0 Å². The first-order valence-electron chi connectivity index (χ1n) is 11.1. The lowest BCUT2D eigenvalue weighted by Crippen LogP contribution is -2.27. The van der Waals surface area contributed by atoms with E-state index in [0.29, 0.717) is 18.0 Å². The molecule has 0 unspecified atom stereocenters. The number of rotatable bonds is 7. The molecule has 0 spiro atoms. The molecule has 1 aliphatic rings. The number of fused-ring (bicyclic) bond motifs is 1. The highest BCUT2D eigenvalue weighted by Gasteiger charge is 2.27. The molecule has 2 aromatic heterocycles. The SMILES string of the molecule is COc1ccccc1CCc1ccc(-c2ccc(S(=O)(=O)N3CCCC3)cc2)c2nncn12. The lowest BCUT2D eigenvalue weighted by atomic mass is 10.0. The Bertz CT molecular complexity index is 1370. The molecule has 2 aromatic carbocycles. The molecule has 0 aliphatic carbocycles. The van der Waals surface area contributed by atoms with Crippen molar-refractivity contribution in [2.75, 3.05) is 20.2 Å². The topological polar surface area (TPSA) is 76.8 Å². The van der Waals surface area contributed by atoms with E-state index in [4.69, 9.17) is 4.74 Å². The van der Waals surface area contributed by atoms with Crippen LogP contribution in [0.4, 0.5) is 0 Å². The lowest BCUT2D eigenvalue weighted by Gasteiger charge is -2.16. The van der Waals surface area contributed by atoms with Crippen LogP contribution in [-0.2, 0) is 22.9 Å². The van der Waals surface area contributed by atoms with E-state index < -0.39 is 10.0 Å². The van der Waals surface area contributed by atoms with Crippen LogP contribution in [0, 0.1) is 0 Å². The van der Waals surface area contributed by atoms with E-state index >= 15 is 0 Å². The largest absolute Gasteiger partial charge is 0.496 e. The molecule has 7 nitrogen and oxygen atoms in total. The maximum atomic E-state index is 12.8. The maximum Gasteiger partial charge on any atom is 0.243 e. The predicted octanol–water partition coefficient (Wildman–Crippen LogP) is 3.97. The van der Waals surface area contributed by atoms with Gasteiger partial charge in [-0.15, -0.1) is 10.2 Å². The van der Waals surface area contributed by atoms with Crippen molar-refractivity contribution >= 4 is 15.7 Å². The summed E-state index contributed by atoms with van der Waals surface area (Å²) < 4.78 is 34.7. The van der Waals surface area contributed by atoms with Crippen LogP contribution in [0.1, 0.15) is 24.1 Å². The molecule has 1 fully saturated rings. The van der Waals surface area contributed by atoms with Crippen molar-refractivity contribution in [3.63, 3.8) is 0 Å². The number of pyridine rings is 1. The van der Waals surface area contributed by atoms with Crippen LogP contribution in [0.5, 0.6) is 5.75 Å². The van der Waals surface area contributed by atoms with Gasteiger partial charge >= 0.3 is 0 Å². The third-order valence-electron chi connectivity index (χ3n) is 6.25. The monoisotopic (exact) mass is 462 g/mol. The molecule has 8 heteroatoms. The second kappa shape index (κ2) is 8.96. The van der Waals surface area contributed by atoms with Crippen LogP contribution in [0.15, 0.2) is 71.9 Å². The van der Waals surface area contributed by atoms with E-state index in [9.17, 15) is 8.42 Å². The minimum absolute atomic E-state index is 0.332. The number of benzene rings is 2. The smallest absolute Gasteiger partial charge is 0.243 e. The van der Waals surface area contributed by atoms with Crippen molar-refractivity contribution in [2.45, 2.75) is 30.6 Å². The number of aromatic nitrogens is 3. The predicted molar refractivity (Wildman–Crippen MR) is 127 cm³/mol. The minimum atomic E-state index is -3.43. The highest BCUT2D eigenvalue weighted by Crippen LogP contribution is 2.28. The van der Waals surface area contributed by atoms with Gasteiger partial charge in [0.15, 0.2) is 5.65 Å². The summed E-state index contributed by atoms with van der Waals surface area (Å²) in [6, 6.07) is 19.2. The van der Waals surface area contributed by atoms with E-state index in [1.54, 1.807) is 29.9 Å². The molecule has 0 N–H and O–H groups in total. The van der Waals surface area contributed by atoms with Gasteiger partial charge in [-0.05, 0) is 67.1 Å². The molecule has 1 aliphatic heterocycles. The Hall–Kier alpha value is -3.23. The van der Waals surface area contributed by atoms with E-state index in [2.05, 4.69) is 22.3 Å². The average Bonchev–Trinajstić information content (AvgIpc) is 3.56. The first-order chi connectivity index (χ1) is 16.1. The molecule has 5 rings (SSSR count). The van der Waals surface area contributed by atoms with Gasteiger partial charge in [-0.2, -0.15) is 4.31 Å². The summed E-state index contributed by atoms with van der Waals surface area (Å²) in [6.45, 7) is 1.20. The van der Waals surface area contributed by atoms with Crippen molar-refractivity contribution in [1.82, 2.24) is 18.9 Å². The Kier molecular flexibility index (Phi) is 5.86. The maximum absolute atomic E-state index is 12.8. The van der Waals surface area contributed by atoms with Gasteiger partial charge in [0, 0.05) is 24.3 Å².